The molecule has 318 valence electrons. The van der Waals surface area contributed by atoms with Gasteiger partial charge in [0, 0.05) is 35.5 Å². The van der Waals surface area contributed by atoms with Gasteiger partial charge in [-0.1, -0.05) is 76.6 Å². The third kappa shape index (κ3) is 16.7. The van der Waals surface area contributed by atoms with E-state index in [9.17, 15) is 19.5 Å². The fraction of sp³-hybridized carbons (Fsp3) is 0.438. The zero-order valence-electron chi connectivity index (χ0n) is 37.2. The van der Waals surface area contributed by atoms with E-state index in [0.29, 0.717) is 22.6 Å². The second kappa shape index (κ2) is 27.2. The molecule has 4 aromatic rings. The molecule has 1 aliphatic rings. The van der Waals surface area contributed by atoms with Crippen LogP contribution in [0.3, 0.4) is 0 Å². The van der Waals surface area contributed by atoms with Gasteiger partial charge >= 0.3 is 23.1 Å². The summed E-state index contributed by atoms with van der Waals surface area (Å²) >= 11 is 0. The van der Waals surface area contributed by atoms with Crippen LogP contribution in [0.5, 0.6) is 11.5 Å². The molecule has 3 unspecified atom stereocenters. The standard InChI is InChI=1S/C22H29NO3.C15H21NO3.C7H7.C4H8O.BrH.Mg/c1-14(2)22(5,20(24)17-10-7-9-15(3)13-17)23-21(25)18-11-8-12-19(26-6)16(18)4;1-10(2)15(4,9-17)16-14(18)12-7-6-8-13(19-5)11(12)3;1-7-5-3-2-4-6-7;1-2-4-5-3-1;;/h7-14,20,24H,1-6H3,(H,23,25);6-10H,1-5H3,(H,16,18);2-3,5-6H,1H3;1-4H2;1H;/q;;-1;;;+2/p-1. The minimum Gasteiger partial charge on any atom is -1.00 e. The first-order valence-corrected chi connectivity index (χ1v) is 19.6. The van der Waals surface area contributed by atoms with E-state index in [4.69, 9.17) is 14.2 Å². The molecule has 3 atom stereocenters. The van der Waals surface area contributed by atoms with E-state index in [2.05, 4.69) is 29.7 Å². The molecule has 5 rings (SSSR count). The Balaban J connectivity index is 0.000000882. The smallest absolute Gasteiger partial charge is 1.00 e. The number of halogens is 1. The van der Waals surface area contributed by atoms with Gasteiger partial charge < -0.3 is 51.7 Å². The Bertz CT molecular complexity index is 1860. The molecule has 59 heavy (non-hydrogen) atoms. The third-order valence-electron chi connectivity index (χ3n) is 10.5. The summed E-state index contributed by atoms with van der Waals surface area (Å²) in [7, 11) is 3.15. The first-order valence-electron chi connectivity index (χ1n) is 19.6. The number of hydrogen-bond acceptors (Lipinski definition) is 7. The number of carbonyl (C=O) groups excluding carboxylic acids is 3. The first kappa shape index (κ1) is 55.3. The second-order valence-corrected chi connectivity index (χ2v) is 15.4. The Hall–Kier alpha value is -3.74. The van der Waals surface area contributed by atoms with E-state index < -0.39 is 17.2 Å². The quantitative estimate of drug-likeness (QED) is 0.0997. The minimum absolute atomic E-state index is 0. The van der Waals surface area contributed by atoms with Gasteiger partial charge in [0.15, 0.2) is 0 Å². The number of rotatable bonds is 11. The molecule has 1 aliphatic heterocycles. The molecule has 2 amide bonds. The Labute approximate surface area is 380 Å². The predicted molar refractivity (Wildman–Crippen MR) is 235 cm³/mol. The van der Waals surface area contributed by atoms with Crippen LogP contribution in [-0.4, -0.2) is 84.8 Å². The average molecular weight is 886 g/mol. The van der Waals surface area contributed by atoms with Crippen LogP contribution in [0.1, 0.15) is 109 Å². The first-order chi connectivity index (χ1) is 26.9. The number of benzene rings is 4. The van der Waals surface area contributed by atoms with Gasteiger partial charge in [0.1, 0.15) is 23.9 Å². The number of aliphatic hydroxyl groups excluding tert-OH is 1. The van der Waals surface area contributed by atoms with Gasteiger partial charge in [0.2, 0.25) is 0 Å². The van der Waals surface area contributed by atoms with Crippen molar-refractivity contribution >= 4 is 41.2 Å². The summed E-state index contributed by atoms with van der Waals surface area (Å²) < 4.78 is 15.4. The maximum absolute atomic E-state index is 13.0. The van der Waals surface area contributed by atoms with Crippen LogP contribution in [-0.2, 0) is 9.53 Å². The van der Waals surface area contributed by atoms with E-state index in [0.717, 1.165) is 41.8 Å². The van der Waals surface area contributed by atoms with Gasteiger partial charge in [-0.2, -0.15) is 35.9 Å². The summed E-state index contributed by atoms with van der Waals surface area (Å²) in [5, 5.41) is 16.9. The molecule has 4 aromatic carbocycles. The molecule has 0 aromatic heterocycles. The molecule has 0 radical (unpaired) electrons. The van der Waals surface area contributed by atoms with Crippen LogP contribution in [0.2, 0.25) is 0 Å². The number of ether oxygens (including phenoxy) is 3. The van der Waals surface area contributed by atoms with Gasteiger partial charge in [-0.05, 0) is 89.1 Å². The number of amides is 2. The van der Waals surface area contributed by atoms with Crippen LogP contribution >= 0.6 is 0 Å². The van der Waals surface area contributed by atoms with Gasteiger partial charge in [-0.25, -0.2) is 0 Å². The summed E-state index contributed by atoms with van der Waals surface area (Å²) in [4.78, 5) is 36.5. The van der Waals surface area contributed by atoms with Crippen LogP contribution in [0.15, 0.2) is 84.9 Å². The fourth-order valence-electron chi connectivity index (χ4n) is 5.81. The molecule has 1 saturated heterocycles. The van der Waals surface area contributed by atoms with Gasteiger partial charge in [0.25, 0.3) is 11.8 Å². The van der Waals surface area contributed by atoms with Crippen molar-refractivity contribution < 1.29 is 50.7 Å². The molecule has 11 heteroatoms. The molecular formula is C48H65BrMgN2O7. The van der Waals surface area contributed by atoms with Crippen molar-refractivity contribution in [1.82, 2.24) is 10.6 Å². The molecule has 3 N–H and O–H groups in total. The average Bonchev–Trinajstić information content (AvgIpc) is 3.79. The number of methoxy groups -OCH3 is 2. The molecule has 1 heterocycles. The van der Waals surface area contributed by atoms with Crippen molar-refractivity contribution in [1.29, 1.82) is 0 Å². The third-order valence-corrected chi connectivity index (χ3v) is 10.5. The SMILES string of the molecule is C1CCOC1.COc1cccc(C(=O)NC(C)(C(C)C)C(O)c2cccc(C)c2)c1C.COc1cccc(C(=O)NC(C)(C=O)C(C)C)c1C.Cc1c[c-]ccc1.[Br-].[Mg+2]. The Morgan fingerprint density at radius 1 is 0.763 bits per heavy atom. The molecule has 0 aliphatic carbocycles. The topological polar surface area (TPSA) is 123 Å². The number of hydrogen-bond donors (Lipinski definition) is 3. The number of carbonyl (C=O) groups is 3. The van der Waals surface area contributed by atoms with E-state index >= 15 is 0 Å². The number of aldehydes is 1. The summed E-state index contributed by atoms with van der Waals surface area (Å²) in [6.07, 6.45) is 2.52. The van der Waals surface area contributed by atoms with E-state index in [-0.39, 0.29) is 63.7 Å². The maximum Gasteiger partial charge on any atom is 2.00 e. The molecular weight excluding hydrogens is 821 g/mol. The van der Waals surface area contributed by atoms with Crippen LogP contribution in [0.25, 0.3) is 0 Å². The summed E-state index contributed by atoms with van der Waals surface area (Å²) in [5.74, 6) is 0.880. The minimum atomic E-state index is -0.868. The Morgan fingerprint density at radius 3 is 1.61 bits per heavy atom. The summed E-state index contributed by atoms with van der Waals surface area (Å²) in [5.41, 5.74) is 4.06. The summed E-state index contributed by atoms with van der Waals surface area (Å²) in [6.45, 7) is 21.1. The second-order valence-electron chi connectivity index (χ2n) is 15.4. The Kier molecular flexibility index (Phi) is 25.4. The summed E-state index contributed by atoms with van der Waals surface area (Å²) in [6, 6.07) is 29.3. The van der Waals surface area contributed by atoms with E-state index in [1.165, 1.54) is 18.4 Å². The van der Waals surface area contributed by atoms with Crippen molar-refractivity contribution in [3.63, 3.8) is 0 Å². The fourth-order valence-corrected chi connectivity index (χ4v) is 5.81. The van der Waals surface area contributed by atoms with Gasteiger partial charge in [0.05, 0.1) is 25.3 Å². The Morgan fingerprint density at radius 2 is 1.25 bits per heavy atom. The predicted octanol–water partition coefficient (Wildman–Crippen LogP) is 5.75. The molecule has 0 bridgehead atoms. The van der Waals surface area contributed by atoms with Crippen LogP contribution < -0.4 is 37.1 Å². The zero-order valence-corrected chi connectivity index (χ0v) is 40.2. The van der Waals surface area contributed by atoms with Crippen LogP contribution in [0, 0.1) is 45.6 Å². The largest absolute Gasteiger partial charge is 2.00 e. The molecule has 9 nitrogen and oxygen atoms in total. The van der Waals surface area contributed by atoms with Crippen molar-refractivity contribution in [3.05, 3.63) is 130 Å². The number of aryl methyl sites for hydroxylation is 2. The molecule has 1 fully saturated rings. The number of aliphatic hydroxyl groups is 1. The van der Waals surface area contributed by atoms with Crippen molar-refractivity contribution in [3.8, 4) is 11.5 Å². The van der Waals surface area contributed by atoms with E-state index in [1.807, 2.05) is 104 Å². The normalized spacial score (nSPS) is 13.9. The van der Waals surface area contributed by atoms with Crippen molar-refractivity contribution in [2.75, 3.05) is 27.4 Å². The zero-order chi connectivity index (χ0) is 42.8. The van der Waals surface area contributed by atoms with Crippen molar-refractivity contribution in [2.45, 2.75) is 99.3 Å². The van der Waals surface area contributed by atoms with Crippen LogP contribution in [0.4, 0.5) is 0 Å². The molecule has 0 spiro atoms. The van der Waals surface area contributed by atoms with Gasteiger partial charge in [-0.15, -0.1) is 0 Å². The monoisotopic (exact) mass is 884 g/mol. The van der Waals surface area contributed by atoms with Gasteiger partial charge in [-0.3, -0.25) is 9.59 Å². The maximum atomic E-state index is 13.0. The van der Waals surface area contributed by atoms with E-state index in [1.54, 1.807) is 51.5 Å². The van der Waals surface area contributed by atoms with Crippen molar-refractivity contribution in [2.24, 2.45) is 11.8 Å². The molecule has 0 saturated carbocycles. The number of nitrogens with one attached hydrogen (secondary N) is 2.